The van der Waals surface area contributed by atoms with Crippen LogP contribution in [0.4, 0.5) is 0 Å². The van der Waals surface area contributed by atoms with E-state index in [1.807, 2.05) is 48.6 Å². The van der Waals surface area contributed by atoms with E-state index in [4.69, 9.17) is 0 Å². The van der Waals surface area contributed by atoms with E-state index in [9.17, 15) is 0 Å². The molecule has 0 saturated heterocycles. The van der Waals surface area contributed by atoms with Crippen LogP contribution in [0.3, 0.4) is 0 Å². The summed E-state index contributed by atoms with van der Waals surface area (Å²) in [6.45, 7) is 0. The van der Waals surface area contributed by atoms with Gasteiger partial charge in [0, 0.05) is 22.1 Å². The summed E-state index contributed by atoms with van der Waals surface area (Å²) in [5, 5.41) is 0. The van der Waals surface area contributed by atoms with Gasteiger partial charge in [-0.2, -0.15) is 0 Å². The van der Waals surface area contributed by atoms with Gasteiger partial charge in [-0.05, 0) is 72.8 Å². The molecule has 0 amide bonds. The zero-order valence-corrected chi connectivity index (χ0v) is 17.0. The number of rotatable bonds is 0. The van der Waals surface area contributed by atoms with E-state index in [2.05, 4.69) is 70.2 Å². The molecule has 0 spiro atoms. The average molecular weight is 432 g/mol. The maximum absolute atomic E-state index is 4.63. The van der Waals surface area contributed by atoms with Crippen LogP contribution in [0.1, 0.15) is 22.8 Å². The summed E-state index contributed by atoms with van der Waals surface area (Å²) in [4.78, 5) is 22.6. The fourth-order valence-electron chi connectivity index (χ4n) is 3.19. The fraction of sp³-hybridized carbons (Fsp3) is 0. The minimum absolute atomic E-state index is 0.780. The van der Waals surface area contributed by atoms with Gasteiger partial charge in [0.05, 0.1) is 22.8 Å². The zero-order valence-electron chi connectivity index (χ0n) is 15.8. The molecule has 0 aromatic carbocycles. The van der Waals surface area contributed by atoms with Crippen molar-refractivity contribution >= 4 is 51.1 Å². The average Bonchev–Trinajstić information content (AvgIpc) is 3.52. The Bertz CT molecular complexity index is 1230. The van der Waals surface area contributed by atoms with Crippen molar-refractivity contribution in [3.8, 4) is 0 Å². The van der Waals surface area contributed by atoms with E-state index in [0.717, 1.165) is 49.6 Å². The van der Waals surface area contributed by atoms with Crippen molar-refractivity contribution in [2.24, 2.45) is 0 Å². The normalized spacial score (nSPS) is 11.9. The molecule has 0 atom stereocenters. The molecule has 7 heteroatoms. The number of nitrogens with zero attached hydrogens (tertiary/aromatic N) is 3. The molecule has 4 aromatic rings. The number of nitrogens with one attached hydrogen (secondary N) is 3. The van der Waals surface area contributed by atoms with Gasteiger partial charge in [0.25, 0.3) is 0 Å². The monoisotopic (exact) mass is 432 g/mol. The van der Waals surface area contributed by atoms with Gasteiger partial charge in [-0.1, -0.05) is 0 Å². The Morgan fingerprint density at radius 2 is 1.00 bits per heavy atom. The molecule has 0 unspecified atom stereocenters. The summed E-state index contributed by atoms with van der Waals surface area (Å²) in [6.07, 6.45) is 11.5. The fourth-order valence-corrected chi connectivity index (χ4v) is 3.38. The van der Waals surface area contributed by atoms with Crippen LogP contribution in [0.2, 0.25) is 0 Å². The maximum atomic E-state index is 4.63. The minimum atomic E-state index is 0.780. The van der Waals surface area contributed by atoms with Gasteiger partial charge in [-0.15, -0.1) is 0 Å². The number of aromatic amines is 3. The van der Waals surface area contributed by atoms with Crippen molar-refractivity contribution < 1.29 is 16.0 Å². The third kappa shape index (κ3) is 4.33. The first kappa shape index (κ1) is 18.4. The second-order valence-electron chi connectivity index (χ2n) is 6.79. The molecule has 0 radical (unpaired) electrons. The molecule has 0 fully saturated rings. The predicted octanol–water partition coefficient (Wildman–Crippen LogP) is 4.24. The molecule has 8 bridgehead atoms. The number of H-pyrrole nitrogens is 3. The van der Waals surface area contributed by atoms with Crippen LogP contribution in [0.15, 0.2) is 60.9 Å². The van der Waals surface area contributed by atoms with Gasteiger partial charge in [-0.25, -0.2) is 9.97 Å². The van der Waals surface area contributed by atoms with Crippen LogP contribution in [0.5, 0.6) is 0 Å². The molecule has 0 saturated carbocycles. The van der Waals surface area contributed by atoms with Crippen LogP contribution in [-0.2, 0) is 16.0 Å². The topological polar surface area (TPSA) is 86.0 Å². The molecule has 30 heavy (non-hydrogen) atoms. The number of aromatic nitrogens is 6. The van der Waals surface area contributed by atoms with Gasteiger partial charge in [0.15, 0.2) is 0 Å². The first-order valence-electron chi connectivity index (χ1n) is 9.39. The van der Waals surface area contributed by atoms with Crippen molar-refractivity contribution in [1.29, 1.82) is 0 Å². The van der Waals surface area contributed by atoms with Gasteiger partial charge >= 0.3 is 43.1 Å². The number of imidazole rings is 1. The van der Waals surface area contributed by atoms with Gasteiger partial charge in [0.1, 0.15) is 0 Å². The van der Waals surface area contributed by atoms with Crippen molar-refractivity contribution in [3.63, 3.8) is 0 Å². The van der Waals surface area contributed by atoms with Crippen molar-refractivity contribution in [2.45, 2.75) is 0 Å². The predicted molar refractivity (Wildman–Crippen MR) is 117 cm³/mol. The van der Waals surface area contributed by atoms with Crippen LogP contribution in [-0.4, -0.2) is 29.9 Å². The number of hydrogen-bond acceptors (Lipinski definition) is 3. The van der Waals surface area contributed by atoms with Gasteiger partial charge in [-0.3, -0.25) is 0 Å². The molecule has 6 heterocycles. The second-order valence-corrected chi connectivity index (χ2v) is 7.34. The summed E-state index contributed by atoms with van der Waals surface area (Å²) in [5.74, 6) is 0. The quantitative estimate of drug-likeness (QED) is 0.314. The first-order chi connectivity index (χ1) is 14.7. The number of hydrogen-bond donors (Lipinski definition) is 3. The van der Waals surface area contributed by atoms with Crippen molar-refractivity contribution in [3.05, 3.63) is 83.7 Å². The Hall–Kier alpha value is -3.67. The van der Waals surface area contributed by atoms with Crippen molar-refractivity contribution in [2.75, 3.05) is 0 Å². The second kappa shape index (κ2) is 7.99. The third-order valence-corrected chi connectivity index (χ3v) is 4.83. The molecule has 6 rings (SSSR count). The summed E-state index contributed by atoms with van der Waals surface area (Å²) >= 11 is 3.11. The third-order valence-electron chi connectivity index (χ3n) is 4.51. The Morgan fingerprint density at radius 3 is 1.27 bits per heavy atom. The van der Waals surface area contributed by atoms with Gasteiger partial charge in [0.2, 0.25) is 0 Å². The summed E-state index contributed by atoms with van der Waals surface area (Å²) < 4.78 is 0.780. The van der Waals surface area contributed by atoms with Crippen LogP contribution < -0.4 is 4.72 Å². The Morgan fingerprint density at radius 1 is 0.600 bits per heavy atom. The molecule has 6 nitrogen and oxygen atoms in total. The molecule has 146 valence electrons. The van der Waals surface area contributed by atoms with E-state index in [-0.39, 0.29) is 0 Å². The Kier molecular flexibility index (Phi) is 4.89. The molecular weight excluding hydrogens is 415 g/mol. The van der Waals surface area contributed by atoms with E-state index in [1.165, 1.54) is 0 Å². The molecule has 4 aromatic heterocycles. The van der Waals surface area contributed by atoms with E-state index in [1.54, 1.807) is 12.4 Å². The van der Waals surface area contributed by atoms with E-state index in [0.29, 0.717) is 0 Å². The van der Waals surface area contributed by atoms with E-state index >= 15 is 0 Å². The standard InChI is InChI=1S/C20H14N4.C3H3N2.Mn/c1-2-14-10-16-5-6-18(23-16)12-20-8-7-19(24-20)11-17-4-3-15(22-17)9-13(1)21-14;1-2-5-3-4-1;/h1-12,21,24H;1-2H,(H,4,5);. The van der Waals surface area contributed by atoms with E-state index < -0.39 is 0 Å². The molecule has 2 aliphatic heterocycles. The molecule has 2 aliphatic rings. The summed E-state index contributed by atoms with van der Waals surface area (Å²) in [7, 11) is 0. The summed E-state index contributed by atoms with van der Waals surface area (Å²) in [6, 6.07) is 16.4. The van der Waals surface area contributed by atoms with Crippen LogP contribution in [0, 0.1) is 0 Å². The zero-order chi connectivity index (χ0) is 20.3. The Labute approximate surface area is 180 Å². The van der Waals surface area contributed by atoms with Crippen molar-refractivity contribution in [1.82, 2.24) is 29.9 Å². The molecule has 3 N–H and O–H groups in total. The number of fused-ring (bicyclic) bond motifs is 8. The van der Waals surface area contributed by atoms with Crippen LogP contribution >= 0.6 is 0 Å². The molecule has 0 aliphatic carbocycles. The summed E-state index contributed by atoms with van der Waals surface area (Å²) in [5.41, 5.74) is 7.86. The first-order valence-corrected chi connectivity index (χ1v) is 9.98. The Balaban J connectivity index is 0.000000279. The van der Waals surface area contributed by atoms with Gasteiger partial charge < -0.3 is 9.97 Å². The molecular formula is C23H17MnN6. The SMILES string of the molecule is C1=Cc2cc3ccc(cc4nc(cc5ccc(cc1n2)[nH]5)C=C4)[nH]3.[Mn][c]1ncc[nH]1. The van der Waals surface area contributed by atoms with Crippen LogP contribution in [0.25, 0.3) is 46.4 Å².